The first-order chi connectivity index (χ1) is 5.69. The zero-order chi connectivity index (χ0) is 9.14. The lowest BCUT2D eigenvalue weighted by Gasteiger charge is -2.03. The maximum atomic E-state index is 8.66. The number of rotatable bonds is 1. The van der Waals surface area contributed by atoms with E-state index in [9.17, 15) is 0 Å². The van der Waals surface area contributed by atoms with Crippen LogP contribution in [0, 0.1) is 14.9 Å². The molecule has 1 aromatic carbocycles. The van der Waals surface area contributed by atoms with E-state index in [0.29, 0.717) is 12.1 Å². The summed E-state index contributed by atoms with van der Waals surface area (Å²) in [6.45, 7) is 0.451. The van der Waals surface area contributed by atoms with Crippen molar-refractivity contribution in [3.05, 3.63) is 31.3 Å². The maximum absolute atomic E-state index is 8.66. The fraction of sp³-hybridized carbons (Fsp3) is 0.125. The Bertz CT molecular complexity index is 344. The molecule has 1 rings (SSSR count). The van der Waals surface area contributed by atoms with E-state index in [1.807, 2.05) is 6.07 Å². The van der Waals surface area contributed by atoms with Crippen LogP contribution in [0.1, 0.15) is 11.1 Å². The SMILES string of the molecule is N#Cc1cc(I)c(Br)c(CN)c1. The van der Waals surface area contributed by atoms with Crippen LogP contribution < -0.4 is 5.73 Å². The van der Waals surface area contributed by atoms with Gasteiger partial charge in [0.05, 0.1) is 11.6 Å². The normalized spacial score (nSPS) is 9.50. The van der Waals surface area contributed by atoms with Crippen molar-refractivity contribution in [3.8, 4) is 6.07 Å². The number of nitrogens with two attached hydrogens (primary N) is 1. The largest absolute Gasteiger partial charge is 0.326 e. The molecule has 0 atom stereocenters. The molecule has 0 fully saturated rings. The van der Waals surface area contributed by atoms with Crippen molar-refractivity contribution >= 4 is 38.5 Å². The minimum Gasteiger partial charge on any atom is -0.326 e. The van der Waals surface area contributed by atoms with Crippen LogP contribution >= 0.6 is 38.5 Å². The van der Waals surface area contributed by atoms with Gasteiger partial charge in [-0.2, -0.15) is 5.26 Å². The molecule has 0 aromatic heterocycles. The van der Waals surface area contributed by atoms with Gasteiger partial charge in [0.1, 0.15) is 0 Å². The van der Waals surface area contributed by atoms with Gasteiger partial charge in [0.2, 0.25) is 0 Å². The van der Waals surface area contributed by atoms with Crippen LogP contribution in [-0.4, -0.2) is 0 Å². The molecule has 0 saturated heterocycles. The highest BCUT2D eigenvalue weighted by Crippen LogP contribution is 2.24. The molecule has 0 saturated carbocycles. The summed E-state index contributed by atoms with van der Waals surface area (Å²) >= 11 is 5.58. The van der Waals surface area contributed by atoms with Crippen LogP contribution in [0.3, 0.4) is 0 Å². The maximum Gasteiger partial charge on any atom is 0.0992 e. The molecule has 0 aliphatic carbocycles. The van der Waals surface area contributed by atoms with E-state index in [4.69, 9.17) is 11.0 Å². The van der Waals surface area contributed by atoms with E-state index < -0.39 is 0 Å². The molecule has 0 aliphatic rings. The molecule has 0 bridgehead atoms. The fourth-order valence-corrected chi connectivity index (χ4v) is 1.93. The summed E-state index contributed by atoms with van der Waals surface area (Å²) in [6.07, 6.45) is 0. The zero-order valence-electron chi connectivity index (χ0n) is 6.14. The second-order valence-electron chi connectivity index (χ2n) is 2.25. The standard InChI is InChI=1S/C8H6BrIN2/c9-8-6(4-12)1-5(3-11)2-7(8)10/h1-2H,4,12H2. The highest BCUT2D eigenvalue weighted by atomic mass is 127. The molecule has 0 spiro atoms. The van der Waals surface area contributed by atoms with Gasteiger partial charge in [-0.25, -0.2) is 0 Å². The molecular weight excluding hydrogens is 331 g/mol. The number of benzene rings is 1. The lowest BCUT2D eigenvalue weighted by molar-refractivity contribution is 1.06. The second kappa shape index (κ2) is 4.21. The lowest BCUT2D eigenvalue weighted by Crippen LogP contribution is -1.99. The molecule has 62 valence electrons. The van der Waals surface area contributed by atoms with E-state index in [1.165, 1.54) is 0 Å². The smallest absolute Gasteiger partial charge is 0.0992 e. The molecule has 1 aromatic rings. The second-order valence-corrected chi connectivity index (χ2v) is 4.20. The average molecular weight is 337 g/mol. The van der Waals surface area contributed by atoms with Gasteiger partial charge in [-0.3, -0.25) is 0 Å². The van der Waals surface area contributed by atoms with Crippen LogP contribution in [0.2, 0.25) is 0 Å². The number of nitrogens with zero attached hydrogens (tertiary/aromatic N) is 1. The van der Waals surface area contributed by atoms with E-state index in [1.54, 1.807) is 6.07 Å². The third-order valence-corrected chi connectivity index (χ3v) is 3.98. The van der Waals surface area contributed by atoms with Gasteiger partial charge in [0.25, 0.3) is 0 Å². The summed E-state index contributed by atoms with van der Waals surface area (Å²) < 4.78 is 2.01. The molecule has 0 amide bonds. The predicted molar refractivity (Wildman–Crippen MR) is 59.5 cm³/mol. The molecular formula is C8H6BrIN2. The Morgan fingerprint density at radius 3 is 2.75 bits per heavy atom. The Hall–Kier alpha value is -0.120. The van der Waals surface area contributed by atoms with Crippen molar-refractivity contribution in [1.82, 2.24) is 0 Å². The monoisotopic (exact) mass is 336 g/mol. The van der Waals surface area contributed by atoms with Crippen LogP contribution in [0.4, 0.5) is 0 Å². The summed E-state index contributed by atoms with van der Waals surface area (Å²) in [4.78, 5) is 0. The Labute approximate surface area is 93.0 Å². The van der Waals surface area contributed by atoms with Crippen molar-refractivity contribution in [3.63, 3.8) is 0 Å². The molecule has 12 heavy (non-hydrogen) atoms. The quantitative estimate of drug-likeness (QED) is 0.800. The van der Waals surface area contributed by atoms with E-state index in [-0.39, 0.29) is 0 Å². The molecule has 0 heterocycles. The van der Waals surface area contributed by atoms with Gasteiger partial charge in [-0.1, -0.05) is 0 Å². The van der Waals surface area contributed by atoms with Crippen molar-refractivity contribution in [1.29, 1.82) is 5.26 Å². The molecule has 4 heteroatoms. The highest BCUT2D eigenvalue weighted by Gasteiger charge is 2.04. The topological polar surface area (TPSA) is 49.8 Å². The summed E-state index contributed by atoms with van der Waals surface area (Å²) in [5.74, 6) is 0. The number of nitriles is 1. The van der Waals surface area contributed by atoms with Crippen LogP contribution in [0.15, 0.2) is 16.6 Å². The first-order valence-electron chi connectivity index (χ1n) is 3.27. The zero-order valence-corrected chi connectivity index (χ0v) is 9.89. The van der Waals surface area contributed by atoms with Crippen molar-refractivity contribution in [2.75, 3.05) is 0 Å². The minimum atomic E-state index is 0.451. The molecule has 0 radical (unpaired) electrons. The van der Waals surface area contributed by atoms with Crippen LogP contribution in [0.25, 0.3) is 0 Å². The molecule has 0 aliphatic heterocycles. The van der Waals surface area contributed by atoms with Crippen LogP contribution in [0.5, 0.6) is 0 Å². The summed E-state index contributed by atoms with van der Waals surface area (Å²) in [5.41, 5.74) is 7.13. The van der Waals surface area contributed by atoms with Gasteiger partial charge in [-0.05, 0) is 56.2 Å². The number of hydrogen-bond donors (Lipinski definition) is 1. The first-order valence-corrected chi connectivity index (χ1v) is 5.14. The number of hydrogen-bond acceptors (Lipinski definition) is 2. The Morgan fingerprint density at radius 2 is 2.25 bits per heavy atom. The van der Waals surface area contributed by atoms with Crippen LogP contribution in [-0.2, 0) is 6.54 Å². The highest BCUT2D eigenvalue weighted by molar-refractivity contribution is 14.1. The van der Waals surface area contributed by atoms with Crippen molar-refractivity contribution in [2.45, 2.75) is 6.54 Å². The van der Waals surface area contributed by atoms with Gasteiger partial charge >= 0.3 is 0 Å². The first kappa shape index (κ1) is 9.96. The molecule has 0 unspecified atom stereocenters. The predicted octanol–water partition coefficient (Wildman–Crippen LogP) is 2.38. The minimum absolute atomic E-state index is 0.451. The fourth-order valence-electron chi connectivity index (χ4n) is 0.859. The third kappa shape index (κ3) is 1.97. The average Bonchev–Trinajstić information content (AvgIpc) is 2.09. The number of halogens is 2. The Morgan fingerprint density at radius 1 is 1.58 bits per heavy atom. The van der Waals surface area contributed by atoms with Crippen molar-refractivity contribution < 1.29 is 0 Å². The molecule has 2 N–H and O–H groups in total. The van der Waals surface area contributed by atoms with Gasteiger partial charge in [0.15, 0.2) is 0 Å². The van der Waals surface area contributed by atoms with Gasteiger partial charge < -0.3 is 5.73 Å². The van der Waals surface area contributed by atoms with Gasteiger partial charge in [0, 0.05) is 14.6 Å². The summed E-state index contributed by atoms with van der Waals surface area (Å²) in [7, 11) is 0. The van der Waals surface area contributed by atoms with E-state index >= 15 is 0 Å². The van der Waals surface area contributed by atoms with E-state index in [2.05, 4.69) is 44.6 Å². The lowest BCUT2D eigenvalue weighted by atomic mass is 10.1. The van der Waals surface area contributed by atoms with E-state index in [0.717, 1.165) is 13.6 Å². The van der Waals surface area contributed by atoms with Crippen molar-refractivity contribution in [2.24, 2.45) is 5.73 Å². The third-order valence-electron chi connectivity index (χ3n) is 1.45. The Kier molecular flexibility index (Phi) is 3.50. The summed E-state index contributed by atoms with van der Waals surface area (Å²) in [5, 5.41) is 8.66. The summed E-state index contributed by atoms with van der Waals surface area (Å²) in [6, 6.07) is 5.71. The van der Waals surface area contributed by atoms with Gasteiger partial charge in [-0.15, -0.1) is 0 Å². The Balaban J connectivity index is 3.31. The molecule has 2 nitrogen and oxygen atoms in total.